The van der Waals surface area contributed by atoms with Gasteiger partial charge in [0.05, 0.1) is 0 Å². The Morgan fingerprint density at radius 1 is 1.00 bits per heavy atom. The second-order valence-corrected chi connectivity index (χ2v) is 7.12. The molecule has 2 rings (SSSR count). The monoisotopic (exact) mass is 318 g/mol. The van der Waals surface area contributed by atoms with Gasteiger partial charge in [-0.3, -0.25) is 0 Å². The Kier molecular flexibility index (Phi) is 5.38. The molecular weight excluding hydrogens is 299 g/mol. The van der Waals surface area contributed by atoms with Crippen LogP contribution in [0.1, 0.15) is 30.1 Å². The molecule has 0 aliphatic carbocycles. The number of rotatable bonds is 6. The molecule has 0 N–H and O–H groups in total. The number of hydrogen-bond donors (Lipinski definition) is 0. The minimum absolute atomic E-state index is 0.155. The maximum atomic E-state index is 12.6. The number of carbonyl (C=O) groups excluding carboxylic acids is 1. The van der Waals surface area contributed by atoms with Gasteiger partial charge >= 0.3 is 121 Å². The van der Waals surface area contributed by atoms with Crippen molar-refractivity contribution in [2.24, 2.45) is 0 Å². The average Bonchev–Trinajstić information content (AvgIpc) is 2.48. The second-order valence-electron chi connectivity index (χ2n) is 4.44. The summed E-state index contributed by atoms with van der Waals surface area (Å²) in [4.78, 5) is 12.7. The first kappa shape index (κ1) is 14.0. The van der Waals surface area contributed by atoms with Gasteiger partial charge in [-0.05, 0) is 0 Å². The van der Waals surface area contributed by atoms with Crippen LogP contribution in [0.15, 0.2) is 60.7 Å². The Bertz CT molecular complexity index is 507. The number of Topliss-reactive ketones (excluding diaryl/α,β-unsaturated/α-hetero) is 1. The van der Waals surface area contributed by atoms with E-state index in [2.05, 4.69) is 19.1 Å². The van der Waals surface area contributed by atoms with E-state index in [1.165, 1.54) is 4.46 Å². The van der Waals surface area contributed by atoms with Crippen LogP contribution in [0, 0.1) is 0 Å². The zero-order chi connectivity index (χ0) is 13.5. The summed E-state index contributed by atoms with van der Waals surface area (Å²) in [6.45, 7) is 2.15. The minimum atomic E-state index is 0.155. The van der Waals surface area contributed by atoms with E-state index >= 15 is 0 Å². The van der Waals surface area contributed by atoms with E-state index < -0.39 is 0 Å². The summed E-state index contributed by atoms with van der Waals surface area (Å²) in [7, 11) is 0. The van der Waals surface area contributed by atoms with Gasteiger partial charge in [0.25, 0.3) is 0 Å². The standard InChI is InChI=1S/C17H18OSe/c1-2-9-16(19-15-12-7-4-8-13-15)17(18)14-10-5-3-6-11-14/h3-8,10-13,16H,2,9H2,1H3. The van der Waals surface area contributed by atoms with Crippen molar-refractivity contribution in [3.05, 3.63) is 66.2 Å². The molecule has 2 aromatic rings. The molecular formula is C17H18OSe. The van der Waals surface area contributed by atoms with Gasteiger partial charge in [0, 0.05) is 0 Å². The van der Waals surface area contributed by atoms with E-state index in [-0.39, 0.29) is 19.8 Å². The first-order valence-corrected chi connectivity index (χ1v) is 8.46. The normalized spacial score (nSPS) is 12.1. The van der Waals surface area contributed by atoms with E-state index in [9.17, 15) is 4.79 Å². The van der Waals surface area contributed by atoms with Crippen LogP contribution in [0.25, 0.3) is 0 Å². The van der Waals surface area contributed by atoms with E-state index in [1.54, 1.807) is 0 Å². The van der Waals surface area contributed by atoms with Crippen molar-refractivity contribution in [1.29, 1.82) is 0 Å². The van der Waals surface area contributed by atoms with Crippen LogP contribution < -0.4 is 4.46 Å². The van der Waals surface area contributed by atoms with Crippen molar-refractivity contribution < 1.29 is 4.79 Å². The Labute approximate surface area is 121 Å². The van der Waals surface area contributed by atoms with Crippen LogP contribution in [0.2, 0.25) is 4.82 Å². The van der Waals surface area contributed by atoms with Gasteiger partial charge in [-0.2, -0.15) is 0 Å². The molecule has 0 saturated heterocycles. The van der Waals surface area contributed by atoms with Crippen LogP contribution in [0.5, 0.6) is 0 Å². The van der Waals surface area contributed by atoms with Crippen LogP contribution in [0.4, 0.5) is 0 Å². The molecule has 0 amide bonds. The molecule has 0 aromatic heterocycles. The maximum absolute atomic E-state index is 12.6. The van der Waals surface area contributed by atoms with Crippen LogP contribution in [-0.4, -0.2) is 20.7 Å². The van der Waals surface area contributed by atoms with Gasteiger partial charge in [0.2, 0.25) is 0 Å². The number of hydrogen-bond acceptors (Lipinski definition) is 1. The second kappa shape index (κ2) is 7.28. The predicted molar refractivity (Wildman–Crippen MR) is 81.3 cm³/mol. The molecule has 98 valence electrons. The molecule has 0 saturated carbocycles. The van der Waals surface area contributed by atoms with Crippen LogP contribution in [-0.2, 0) is 0 Å². The van der Waals surface area contributed by atoms with Gasteiger partial charge in [0.15, 0.2) is 0 Å². The van der Waals surface area contributed by atoms with Crippen molar-refractivity contribution >= 4 is 25.2 Å². The Balaban J connectivity index is 2.14. The quantitative estimate of drug-likeness (QED) is 0.589. The van der Waals surface area contributed by atoms with Crippen LogP contribution >= 0.6 is 0 Å². The first-order valence-electron chi connectivity index (χ1n) is 6.62. The van der Waals surface area contributed by atoms with Gasteiger partial charge in [-0.1, -0.05) is 0 Å². The van der Waals surface area contributed by atoms with E-state index in [0.717, 1.165) is 18.4 Å². The molecule has 2 heteroatoms. The average molecular weight is 317 g/mol. The summed E-state index contributed by atoms with van der Waals surface area (Å²) < 4.78 is 1.30. The van der Waals surface area contributed by atoms with Gasteiger partial charge in [-0.25, -0.2) is 0 Å². The molecule has 0 bridgehead atoms. The molecule has 0 spiro atoms. The summed E-state index contributed by atoms with van der Waals surface area (Å²) in [5.41, 5.74) is 0.846. The molecule has 2 aromatic carbocycles. The third kappa shape index (κ3) is 4.05. The number of ketones is 1. The fraction of sp³-hybridized carbons (Fsp3) is 0.235. The fourth-order valence-corrected chi connectivity index (χ4v) is 4.56. The fourth-order valence-electron chi connectivity index (χ4n) is 1.96. The Morgan fingerprint density at radius 3 is 2.16 bits per heavy atom. The molecule has 1 atom stereocenters. The molecule has 0 fully saturated rings. The Morgan fingerprint density at radius 2 is 1.58 bits per heavy atom. The molecule has 0 heterocycles. The third-order valence-corrected chi connectivity index (χ3v) is 5.61. The van der Waals surface area contributed by atoms with Crippen molar-refractivity contribution in [1.82, 2.24) is 0 Å². The van der Waals surface area contributed by atoms with Crippen molar-refractivity contribution in [2.45, 2.75) is 24.6 Å². The van der Waals surface area contributed by atoms with Gasteiger partial charge in [0.1, 0.15) is 0 Å². The zero-order valence-corrected chi connectivity index (χ0v) is 12.8. The summed E-state index contributed by atoms with van der Waals surface area (Å²) >= 11 is 0.212. The van der Waals surface area contributed by atoms with Gasteiger partial charge in [-0.15, -0.1) is 0 Å². The summed E-state index contributed by atoms with van der Waals surface area (Å²) in [6, 6.07) is 20.0. The Hall–Kier alpha value is -1.37. The van der Waals surface area contributed by atoms with Crippen molar-refractivity contribution in [3.63, 3.8) is 0 Å². The SMILES string of the molecule is CCCC([Se]c1ccccc1)C(=O)c1ccccc1. The summed E-state index contributed by atoms with van der Waals surface area (Å²) in [5, 5.41) is 0. The van der Waals surface area contributed by atoms with E-state index in [1.807, 2.05) is 48.5 Å². The van der Waals surface area contributed by atoms with Crippen LogP contribution in [0.3, 0.4) is 0 Å². The van der Waals surface area contributed by atoms with Gasteiger partial charge < -0.3 is 0 Å². The van der Waals surface area contributed by atoms with E-state index in [0.29, 0.717) is 5.78 Å². The van der Waals surface area contributed by atoms with E-state index in [4.69, 9.17) is 0 Å². The zero-order valence-electron chi connectivity index (χ0n) is 11.1. The van der Waals surface area contributed by atoms with Crippen molar-refractivity contribution in [2.75, 3.05) is 0 Å². The molecule has 0 aliphatic heterocycles. The molecule has 1 nitrogen and oxygen atoms in total. The number of carbonyl (C=O) groups is 1. The third-order valence-electron chi connectivity index (χ3n) is 2.92. The summed E-state index contributed by atoms with van der Waals surface area (Å²) in [5.74, 6) is 0.298. The predicted octanol–water partition coefficient (Wildman–Crippen LogP) is 3.49. The number of benzene rings is 2. The molecule has 1 unspecified atom stereocenters. The first-order chi connectivity index (χ1) is 9.31. The molecule has 0 aliphatic rings. The van der Waals surface area contributed by atoms with Crippen molar-refractivity contribution in [3.8, 4) is 0 Å². The summed E-state index contributed by atoms with van der Waals surface area (Å²) in [6.07, 6.45) is 2.03. The topological polar surface area (TPSA) is 17.1 Å². The molecule has 0 radical (unpaired) electrons. The molecule has 19 heavy (non-hydrogen) atoms.